The molecule has 3 rings (SSSR count). The van der Waals surface area contributed by atoms with E-state index in [2.05, 4.69) is 5.32 Å². The highest BCUT2D eigenvalue weighted by Crippen LogP contribution is 2.27. The van der Waals surface area contributed by atoms with Crippen LogP contribution in [0.1, 0.15) is 55.3 Å². The summed E-state index contributed by atoms with van der Waals surface area (Å²) >= 11 is 6.07. The molecular formula is C22H27ClN2O6S. The molecule has 0 saturated carbocycles. The first-order valence-corrected chi connectivity index (χ1v) is 12.4. The molecule has 1 unspecified atom stereocenters. The predicted molar refractivity (Wildman–Crippen MR) is 119 cm³/mol. The molecule has 0 bridgehead atoms. The Hall–Kier alpha value is -2.36. The summed E-state index contributed by atoms with van der Waals surface area (Å²) in [6.07, 6.45) is 1.49. The second-order valence-electron chi connectivity index (χ2n) is 7.54. The van der Waals surface area contributed by atoms with E-state index in [9.17, 15) is 18.0 Å². The molecule has 1 aliphatic heterocycles. The Kier molecular flexibility index (Phi) is 7.97. The number of nitrogens with one attached hydrogen (secondary N) is 1. The third kappa shape index (κ3) is 5.51. The molecule has 1 N–H and O–H groups in total. The van der Waals surface area contributed by atoms with Crippen molar-refractivity contribution in [2.75, 3.05) is 19.7 Å². The van der Waals surface area contributed by atoms with Crippen molar-refractivity contribution in [3.05, 3.63) is 52.7 Å². The van der Waals surface area contributed by atoms with Gasteiger partial charge in [-0.1, -0.05) is 30.7 Å². The van der Waals surface area contributed by atoms with Gasteiger partial charge >= 0.3 is 5.97 Å². The van der Waals surface area contributed by atoms with Gasteiger partial charge in [0.1, 0.15) is 0 Å². The minimum Gasteiger partial charge on any atom is -0.460 e. The molecule has 1 atom stereocenters. The molecule has 1 aromatic heterocycles. The normalized spacial score (nSPS) is 16.5. The molecule has 1 saturated heterocycles. The van der Waals surface area contributed by atoms with Gasteiger partial charge in [0.25, 0.3) is 10.0 Å². The fraction of sp³-hybridized carbons (Fsp3) is 0.455. The van der Waals surface area contributed by atoms with Crippen molar-refractivity contribution in [3.8, 4) is 0 Å². The van der Waals surface area contributed by atoms with Gasteiger partial charge in [-0.2, -0.15) is 4.31 Å². The summed E-state index contributed by atoms with van der Waals surface area (Å²) in [5, 5.41) is 3.36. The molecule has 1 aliphatic rings. The van der Waals surface area contributed by atoms with Gasteiger partial charge in [-0.05, 0) is 56.0 Å². The van der Waals surface area contributed by atoms with E-state index in [1.54, 1.807) is 13.0 Å². The number of nitrogens with zero attached hydrogens (tertiary/aromatic N) is 1. The van der Waals surface area contributed by atoms with Crippen molar-refractivity contribution < 1.29 is 27.2 Å². The standard InChI is InChI=1S/C22H27ClN2O6S/c1-3-18(16-6-5-7-17(23)14-16)24-21(26)15-10-12-25(13-11-15)32(28,29)20-9-8-19(31-20)22(27)30-4-2/h5-9,14-15,18H,3-4,10-13H2,1-2H3,(H,24,26). The van der Waals surface area contributed by atoms with E-state index < -0.39 is 16.0 Å². The van der Waals surface area contributed by atoms with Crippen LogP contribution < -0.4 is 5.32 Å². The maximum atomic E-state index is 12.9. The zero-order valence-corrected chi connectivity index (χ0v) is 19.6. The molecule has 0 radical (unpaired) electrons. The van der Waals surface area contributed by atoms with E-state index in [0.29, 0.717) is 24.3 Å². The number of amides is 1. The number of esters is 1. The number of ether oxygens (including phenoxy) is 1. The van der Waals surface area contributed by atoms with Gasteiger partial charge in [-0.15, -0.1) is 0 Å². The van der Waals surface area contributed by atoms with Gasteiger partial charge < -0.3 is 14.5 Å². The van der Waals surface area contributed by atoms with E-state index in [1.165, 1.54) is 16.4 Å². The zero-order chi connectivity index (χ0) is 23.3. The van der Waals surface area contributed by atoms with Crippen molar-refractivity contribution in [3.63, 3.8) is 0 Å². The Balaban J connectivity index is 1.60. The summed E-state index contributed by atoms with van der Waals surface area (Å²) in [6.45, 7) is 4.16. The van der Waals surface area contributed by atoms with Crippen LogP contribution in [0.5, 0.6) is 0 Å². The second kappa shape index (κ2) is 10.5. The topological polar surface area (TPSA) is 106 Å². The minimum atomic E-state index is -3.90. The lowest BCUT2D eigenvalue weighted by Gasteiger charge is -2.31. The summed E-state index contributed by atoms with van der Waals surface area (Å²) in [4.78, 5) is 24.5. The first kappa shape index (κ1) is 24.3. The third-order valence-corrected chi connectivity index (χ3v) is 7.46. The summed E-state index contributed by atoms with van der Waals surface area (Å²) in [6, 6.07) is 9.75. The number of hydrogen-bond donors (Lipinski definition) is 1. The fourth-order valence-electron chi connectivity index (χ4n) is 3.69. The Morgan fingerprint density at radius 1 is 1.22 bits per heavy atom. The fourth-order valence-corrected chi connectivity index (χ4v) is 5.27. The molecule has 10 heteroatoms. The molecule has 2 aromatic rings. The largest absolute Gasteiger partial charge is 0.460 e. The summed E-state index contributed by atoms with van der Waals surface area (Å²) in [7, 11) is -3.90. The number of hydrogen-bond acceptors (Lipinski definition) is 6. The van der Waals surface area contributed by atoms with E-state index in [-0.39, 0.29) is 48.4 Å². The quantitative estimate of drug-likeness (QED) is 0.574. The van der Waals surface area contributed by atoms with Gasteiger partial charge in [0.2, 0.25) is 16.8 Å². The van der Waals surface area contributed by atoms with Gasteiger partial charge in [0.05, 0.1) is 12.6 Å². The molecule has 0 aliphatic carbocycles. The van der Waals surface area contributed by atoms with Crippen LogP contribution in [0.25, 0.3) is 0 Å². The van der Waals surface area contributed by atoms with E-state index in [4.69, 9.17) is 20.8 Å². The Morgan fingerprint density at radius 2 is 1.94 bits per heavy atom. The number of carbonyl (C=O) groups excluding carboxylic acids is 2. The number of furan rings is 1. The van der Waals surface area contributed by atoms with E-state index >= 15 is 0 Å². The van der Waals surface area contributed by atoms with Crippen molar-refractivity contribution in [2.24, 2.45) is 5.92 Å². The number of piperidine rings is 1. The minimum absolute atomic E-state index is 0.100. The highest BCUT2D eigenvalue weighted by atomic mass is 35.5. The molecule has 1 fully saturated rings. The van der Waals surface area contributed by atoms with Gasteiger partial charge in [-0.3, -0.25) is 4.79 Å². The van der Waals surface area contributed by atoms with Crippen molar-refractivity contribution in [1.29, 1.82) is 0 Å². The number of carbonyl (C=O) groups is 2. The first-order valence-electron chi connectivity index (χ1n) is 10.6. The van der Waals surface area contributed by atoms with Crippen LogP contribution in [0, 0.1) is 5.92 Å². The lowest BCUT2D eigenvalue weighted by atomic mass is 9.96. The Bertz CT molecular complexity index is 1060. The number of halogens is 1. The maximum Gasteiger partial charge on any atom is 0.374 e. The van der Waals surface area contributed by atoms with Gasteiger partial charge in [0, 0.05) is 24.0 Å². The highest BCUT2D eigenvalue weighted by molar-refractivity contribution is 7.89. The zero-order valence-electron chi connectivity index (χ0n) is 18.0. The molecule has 174 valence electrons. The van der Waals surface area contributed by atoms with Crippen LogP contribution >= 0.6 is 11.6 Å². The second-order valence-corrected chi connectivity index (χ2v) is 9.85. The smallest absolute Gasteiger partial charge is 0.374 e. The molecule has 0 spiro atoms. The predicted octanol–water partition coefficient (Wildman–Crippen LogP) is 3.78. The van der Waals surface area contributed by atoms with Crippen molar-refractivity contribution >= 4 is 33.5 Å². The van der Waals surface area contributed by atoms with E-state index in [1.807, 2.05) is 25.1 Å². The van der Waals surface area contributed by atoms with Crippen molar-refractivity contribution in [2.45, 2.75) is 44.2 Å². The summed E-state index contributed by atoms with van der Waals surface area (Å²) in [5.74, 6) is -1.27. The van der Waals surface area contributed by atoms with Gasteiger partial charge in [0.15, 0.2) is 0 Å². The van der Waals surface area contributed by atoms with E-state index in [0.717, 1.165) is 5.56 Å². The Labute approximate surface area is 192 Å². The number of rotatable bonds is 8. The Morgan fingerprint density at radius 3 is 2.56 bits per heavy atom. The lowest BCUT2D eigenvalue weighted by Crippen LogP contribution is -2.43. The van der Waals surface area contributed by atoms with Crippen LogP contribution in [-0.4, -0.2) is 44.3 Å². The monoisotopic (exact) mass is 482 g/mol. The van der Waals surface area contributed by atoms with Crippen LogP contribution in [0.15, 0.2) is 45.9 Å². The SMILES string of the molecule is CCOC(=O)c1ccc(S(=O)(=O)N2CCC(C(=O)NC(CC)c3cccc(Cl)c3)CC2)o1. The molecular weight excluding hydrogens is 456 g/mol. The van der Waals surface area contributed by atoms with Gasteiger partial charge in [-0.25, -0.2) is 13.2 Å². The van der Waals surface area contributed by atoms with Crippen LogP contribution in [0.3, 0.4) is 0 Å². The molecule has 2 heterocycles. The molecule has 32 heavy (non-hydrogen) atoms. The third-order valence-electron chi connectivity index (χ3n) is 5.45. The molecule has 1 amide bonds. The summed E-state index contributed by atoms with van der Waals surface area (Å²) < 4.78 is 37.1. The number of sulfonamides is 1. The maximum absolute atomic E-state index is 12.9. The molecule has 8 nitrogen and oxygen atoms in total. The van der Waals surface area contributed by atoms with Crippen molar-refractivity contribution in [1.82, 2.24) is 9.62 Å². The van der Waals surface area contributed by atoms with Crippen LogP contribution in [-0.2, 0) is 19.6 Å². The highest BCUT2D eigenvalue weighted by Gasteiger charge is 2.34. The number of benzene rings is 1. The molecule has 1 aromatic carbocycles. The summed E-state index contributed by atoms with van der Waals surface area (Å²) in [5.41, 5.74) is 0.934. The first-order chi connectivity index (χ1) is 15.3. The lowest BCUT2D eigenvalue weighted by molar-refractivity contribution is -0.126. The average molecular weight is 483 g/mol. The average Bonchev–Trinajstić information content (AvgIpc) is 3.29. The van der Waals surface area contributed by atoms with Crippen LogP contribution in [0.2, 0.25) is 5.02 Å². The van der Waals surface area contributed by atoms with Crippen LogP contribution in [0.4, 0.5) is 0 Å².